The number of hydrogen-bond acceptors (Lipinski definition) is 6. The maximum Gasteiger partial charge on any atom is 0.418 e. The van der Waals surface area contributed by atoms with Crippen LogP contribution in [-0.4, -0.2) is 34.1 Å². The molecule has 0 atom stereocenters. The van der Waals surface area contributed by atoms with Crippen molar-refractivity contribution in [3.63, 3.8) is 0 Å². The SMILES string of the molecule is O=C(O)NS(=O)(=O)c1ccccc1.O=C=NS(=O)(=O)c1ccccc1. The summed E-state index contributed by atoms with van der Waals surface area (Å²) in [5.74, 6) is 0. The van der Waals surface area contributed by atoms with E-state index in [-0.39, 0.29) is 9.79 Å². The Bertz CT molecular complexity index is 966. The van der Waals surface area contributed by atoms with E-state index in [1.54, 1.807) is 24.3 Å². The van der Waals surface area contributed by atoms with Gasteiger partial charge in [-0.15, -0.1) is 0 Å². The van der Waals surface area contributed by atoms with Gasteiger partial charge < -0.3 is 5.11 Å². The number of rotatable bonds is 4. The van der Waals surface area contributed by atoms with E-state index in [9.17, 15) is 26.4 Å². The van der Waals surface area contributed by atoms with Gasteiger partial charge in [-0.1, -0.05) is 40.8 Å². The van der Waals surface area contributed by atoms with Crippen molar-refractivity contribution >= 4 is 32.2 Å². The predicted molar refractivity (Wildman–Crippen MR) is 86.5 cm³/mol. The molecular formula is C14H12N2O7S2. The van der Waals surface area contributed by atoms with Gasteiger partial charge in [0, 0.05) is 0 Å². The van der Waals surface area contributed by atoms with Gasteiger partial charge in [-0.3, -0.25) is 0 Å². The van der Waals surface area contributed by atoms with Crippen molar-refractivity contribution in [1.82, 2.24) is 4.72 Å². The summed E-state index contributed by atoms with van der Waals surface area (Å²) in [4.78, 5) is 19.7. The number of nitrogens with one attached hydrogen (secondary N) is 1. The largest absolute Gasteiger partial charge is 0.464 e. The van der Waals surface area contributed by atoms with E-state index in [1.165, 1.54) is 41.1 Å². The van der Waals surface area contributed by atoms with Crippen molar-refractivity contribution in [2.24, 2.45) is 4.40 Å². The highest BCUT2D eigenvalue weighted by molar-refractivity contribution is 7.90. The summed E-state index contributed by atoms with van der Waals surface area (Å²) in [6, 6.07) is 14.8. The van der Waals surface area contributed by atoms with Gasteiger partial charge in [0.1, 0.15) is 0 Å². The third-order valence-electron chi connectivity index (χ3n) is 2.47. The van der Waals surface area contributed by atoms with Crippen LogP contribution in [0.3, 0.4) is 0 Å². The molecule has 0 bridgehead atoms. The Labute approximate surface area is 143 Å². The molecule has 9 nitrogen and oxygen atoms in total. The smallest absolute Gasteiger partial charge is 0.418 e. The highest BCUT2D eigenvalue weighted by Crippen LogP contribution is 2.09. The fourth-order valence-electron chi connectivity index (χ4n) is 1.47. The molecule has 0 aromatic heterocycles. The fraction of sp³-hybridized carbons (Fsp3) is 0. The van der Waals surface area contributed by atoms with Crippen LogP contribution in [0.25, 0.3) is 0 Å². The maximum absolute atomic E-state index is 11.2. The van der Waals surface area contributed by atoms with Crippen LogP contribution in [0.1, 0.15) is 0 Å². The highest BCUT2D eigenvalue weighted by atomic mass is 32.2. The zero-order valence-electron chi connectivity index (χ0n) is 12.4. The predicted octanol–water partition coefficient (Wildman–Crippen LogP) is 1.35. The molecule has 2 aromatic carbocycles. The number of benzene rings is 2. The minimum atomic E-state index is -3.91. The fourth-order valence-corrected chi connectivity index (χ4v) is 3.04. The second-order valence-electron chi connectivity index (χ2n) is 4.19. The van der Waals surface area contributed by atoms with Gasteiger partial charge in [-0.2, -0.15) is 8.42 Å². The van der Waals surface area contributed by atoms with Gasteiger partial charge in [0.25, 0.3) is 26.1 Å². The zero-order valence-corrected chi connectivity index (χ0v) is 14.1. The van der Waals surface area contributed by atoms with Gasteiger partial charge in [0.15, 0.2) is 0 Å². The van der Waals surface area contributed by atoms with E-state index in [0.717, 1.165) is 6.08 Å². The van der Waals surface area contributed by atoms with Crippen molar-refractivity contribution in [2.45, 2.75) is 9.79 Å². The summed E-state index contributed by atoms with van der Waals surface area (Å²) in [5, 5.41) is 8.22. The van der Waals surface area contributed by atoms with Crippen LogP contribution >= 0.6 is 0 Å². The molecule has 0 unspecified atom stereocenters. The Morgan fingerprint density at radius 2 is 1.32 bits per heavy atom. The van der Waals surface area contributed by atoms with Crippen molar-refractivity contribution in [3.05, 3.63) is 60.7 Å². The number of isocyanates is 1. The first-order valence-corrected chi connectivity index (χ1v) is 9.31. The average molecular weight is 384 g/mol. The molecule has 0 fully saturated rings. The minimum Gasteiger partial charge on any atom is -0.464 e. The standard InChI is InChI=1S/C7H7NO4S.C7H5NO3S/c9-7(10)8-13(11,12)6-4-2-1-3-5-6;9-6-8-12(10,11)7-4-2-1-3-5-7/h1-5,8H,(H,9,10);1-5H. The molecule has 0 aliphatic heterocycles. The third kappa shape index (κ3) is 6.55. The number of hydrogen-bond donors (Lipinski definition) is 2. The normalized spacial score (nSPS) is 10.6. The highest BCUT2D eigenvalue weighted by Gasteiger charge is 2.15. The van der Waals surface area contributed by atoms with Gasteiger partial charge in [0.05, 0.1) is 9.79 Å². The van der Waals surface area contributed by atoms with E-state index in [1.807, 2.05) is 0 Å². The van der Waals surface area contributed by atoms with Crippen molar-refractivity contribution in [1.29, 1.82) is 0 Å². The van der Waals surface area contributed by atoms with Gasteiger partial charge in [-0.25, -0.2) is 22.7 Å². The van der Waals surface area contributed by atoms with E-state index in [2.05, 4.69) is 4.40 Å². The van der Waals surface area contributed by atoms with Crippen molar-refractivity contribution in [3.8, 4) is 0 Å². The van der Waals surface area contributed by atoms with Crippen LogP contribution in [0.15, 0.2) is 74.9 Å². The summed E-state index contributed by atoms with van der Waals surface area (Å²) >= 11 is 0. The molecule has 0 heterocycles. The Morgan fingerprint density at radius 1 is 0.880 bits per heavy atom. The molecule has 1 amide bonds. The molecule has 0 aliphatic rings. The van der Waals surface area contributed by atoms with E-state index >= 15 is 0 Å². The Hall–Kier alpha value is -3.01. The summed E-state index contributed by atoms with van der Waals surface area (Å²) < 4.78 is 48.4. The van der Waals surface area contributed by atoms with Gasteiger partial charge in [-0.05, 0) is 24.3 Å². The summed E-state index contributed by atoms with van der Waals surface area (Å²) in [6.45, 7) is 0. The van der Waals surface area contributed by atoms with Crippen molar-refractivity contribution in [2.75, 3.05) is 0 Å². The second kappa shape index (κ2) is 8.73. The lowest BCUT2D eigenvalue weighted by Gasteiger charge is -2.01. The number of carbonyl (C=O) groups is 1. The first-order valence-electron chi connectivity index (χ1n) is 6.39. The molecule has 0 radical (unpaired) electrons. The zero-order chi connectivity index (χ0) is 18.9. The number of nitrogens with zero attached hydrogens (tertiary/aromatic N) is 1. The van der Waals surface area contributed by atoms with E-state index in [4.69, 9.17) is 5.11 Å². The lowest BCUT2D eigenvalue weighted by atomic mass is 10.4. The topological polar surface area (TPSA) is 147 Å². The summed E-state index contributed by atoms with van der Waals surface area (Å²) in [6.07, 6.45) is -0.600. The third-order valence-corrected chi connectivity index (χ3v) is 4.99. The Morgan fingerprint density at radius 3 is 1.72 bits per heavy atom. The van der Waals surface area contributed by atoms with Gasteiger partial charge in [0.2, 0.25) is 0 Å². The molecular weight excluding hydrogens is 372 g/mol. The van der Waals surface area contributed by atoms with Gasteiger partial charge >= 0.3 is 6.09 Å². The summed E-state index contributed by atoms with van der Waals surface area (Å²) in [5.41, 5.74) is 0. The molecule has 0 saturated carbocycles. The molecule has 2 N–H and O–H groups in total. The first-order chi connectivity index (χ1) is 11.7. The Balaban J connectivity index is 0.000000251. The molecule has 0 spiro atoms. The lowest BCUT2D eigenvalue weighted by Crippen LogP contribution is -2.28. The lowest BCUT2D eigenvalue weighted by molar-refractivity contribution is 0.201. The first kappa shape index (κ1) is 20.0. The van der Waals surface area contributed by atoms with Crippen LogP contribution in [0.5, 0.6) is 0 Å². The molecule has 132 valence electrons. The summed E-state index contributed by atoms with van der Waals surface area (Å²) in [7, 11) is -7.72. The number of carboxylic acid groups (broad SMARTS) is 1. The number of sulfonamides is 2. The number of carbonyl (C=O) groups excluding carboxylic acids is 1. The van der Waals surface area contributed by atoms with Crippen LogP contribution in [-0.2, 0) is 24.8 Å². The van der Waals surface area contributed by atoms with Crippen LogP contribution < -0.4 is 4.72 Å². The molecule has 25 heavy (non-hydrogen) atoms. The average Bonchev–Trinajstić information content (AvgIpc) is 2.56. The quantitative estimate of drug-likeness (QED) is 0.597. The monoisotopic (exact) mass is 384 g/mol. The second-order valence-corrected chi connectivity index (χ2v) is 7.48. The molecule has 2 rings (SSSR count). The number of amides is 1. The minimum absolute atomic E-state index is 0.00616. The molecule has 2 aromatic rings. The Kier molecular flexibility index (Phi) is 7.00. The van der Waals surface area contributed by atoms with Crippen LogP contribution in [0, 0.1) is 0 Å². The van der Waals surface area contributed by atoms with Crippen LogP contribution in [0.2, 0.25) is 0 Å². The molecule has 11 heteroatoms. The van der Waals surface area contributed by atoms with E-state index < -0.39 is 26.1 Å². The van der Waals surface area contributed by atoms with Crippen molar-refractivity contribution < 1.29 is 31.5 Å². The molecule has 0 saturated heterocycles. The van der Waals surface area contributed by atoms with E-state index in [0.29, 0.717) is 0 Å². The van der Waals surface area contributed by atoms with Crippen LogP contribution in [0.4, 0.5) is 4.79 Å². The maximum atomic E-state index is 11.2. The molecule has 0 aliphatic carbocycles.